The molecule has 3 heteroatoms. The lowest BCUT2D eigenvalue weighted by molar-refractivity contribution is 0.0930. The van der Waals surface area contributed by atoms with Crippen molar-refractivity contribution >= 4 is 16.8 Å². The van der Waals surface area contributed by atoms with Crippen LogP contribution in [-0.2, 0) is 6.54 Å². The molecule has 1 amide bonds. The second-order valence-corrected chi connectivity index (χ2v) is 6.59. The number of hydrogen-bond donors (Lipinski definition) is 1. The minimum atomic E-state index is 0.000923. The largest absolute Gasteiger partial charge is 0.348 e. The van der Waals surface area contributed by atoms with Gasteiger partial charge < -0.3 is 9.88 Å². The summed E-state index contributed by atoms with van der Waals surface area (Å²) in [6, 6.07) is 6.67. The molecular weight excluding hydrogens is 284 g/mol. The Morgan fingerprint density at radius 1 is 1.35 bits per heavy atom. The molecule has 0 spiro atoms. The van der Waals surface area contributed by atoms with E-state index in [1.807, 2.05) is 19.9 Å². The first-order valence-corrected chi connectivity index (χ1v) is 8.45. The summed E-state index contributed by atoms with van der Waals surface area (Å²) in [5.74, 6) is 0.472. The maximum absolute atomic E-state index is 12.8. The highest BCUT2D eigenvalue weighted by Crippen LogP contribution is 2.29. The number of carbonyl (C=O) groups is 1. The standard InChI is InChI=1S/C20H28N2O/c1-7-11-22-18-10-9-16(13(3)4)12-17(18)15(6)19(22)20(23)21-14(5)8-2/h7,9-10,12-14H,1,8,11H2,2-6H3,(H,21,23). The summed E-state index contributed by atoms with van der Waals surface area (Å²) in [5, 5.41) is 4.25. The molecule has 2 rings (SSSR count). The lowest BCUT2D eigenvalue weighted by Gasteiger charge is -2.14. The van der Waals surface area contributed by atoms with Crippen LogP contribution in [0.5, 0.6) is 0 Å². The van der Waals surface area contributed by atoms with E-state index in [0.717, 1.165) is 28.6 Å². The van der Waals surface area contributed by atoms with Gasteiger partial charge in [0.25, 0.3) is 5.91 Å². The summed E-state index contributed by atoms with van der Waals surface area (Å²) in [7, 11) is 0. The Balaban J connectivity index is 2.62. The van der Waals surface area contributed by atoms with Crippen molar-refractivity contribution in [3.8, 4) is 0 Å². The van der Waals surface area contributed by atoms with Gasteiger partial charge in [-0.15, -0.1) is 6.58 Å². The van der Waals surface area contributed by atoms with Crippen molar-refractivity contribution in [2.24, 2.45) is 0 Å². The molecule has 0 aliphatic heterocycles. The molecular formula is C20H28N2O. The average Bonchev–Trinajstić information content (AvgIpc) is 2.79. The van der Waals surface area contributed by atoms with Gasteiger partial charge in [-0.25, -0.2) is 0 Å². The predicted molar refractivity (Wildman–Crippen MR) is 98.2 cm³/mol. The maximum Gasteiger partial charge on any atom is 0.268 e. The van der Waals surface area contributed by atoms with Crippen molar-refractivity contribution in [3.05, 3.63) is 47.7 Å². The summed E-state index contributed by atoms with van der Waals surface area (Å²) >= 11 is 0. The normalized spacial score (nSPS) is 12.6. The molecule has 0 saturated carbocycles. The van der Waals surface area contributed by atoms with E-state index in [0.29, 0.717) is 12.5 Å². The van der Waals surface area contributed by atoms with E-state index >= 15 is 0 Å². The van der Waals surface area contributed by atoms with E-state index in [1.165, 1.54) is 5.56 Å². The molecule has 0 radical (unpaired) electrons. The Kier molecular flexibility index (Phi) is 5.30. The first-order valence-electron chi connectivity index (χ1n) is 8.45. The summed E-state index contributed by atoms with van der Waals surface area (Å²) in [6.45, 7) is 15.0. The molecule has 3 nitrogen and oxygen atoms in total. The average molecular weight is 312 g/mol. The lowest BCUT2D eigenvalue weighted by atomic mass is 10.0. The highest BCUT2D eigenvalue weighted by Gasteiger charge is 2.21. The van der Waals surface area contributed by atoms with Crippen molar-refractivity contribution in [2.75, 3.05) is 0 Å². The quantitative estimate of drug-likeness (QED) is 0.765. The second-order valence-electron chi connectivity index (χ2n) is 6.59. The summed E-state index contributed by atoms with van der Waals surface area (Å²) in [5.41, 5.74) is 4.19. The first-order chi connectivity index (χ1) is 10.9. The number of nitrogens with zero attached hydrogens (tertiary/aromatic N) is 1. The number of amides is 1. The monoisotopic (exact) mass is 312 g/mol. The van der Waals surface area contributed by atoms with Crippen LogP contribution in [0.3, 0.4) is 0 Å². The fraction of sp³-hybridized carbons (Fsp3) is 0.450. The number of rotatable bonds is 6. The Morgan fingerprint density at radius 2 is 2.04 bits per heavy atom. The molecule has 23 heavy (non-hydrogen) atoms. The molecule has 0 aliphatic rings. The van der Waals surface area contributed by atoms with Crippen LogP contribution >= 0.6 is 0 Å². The van der Waals surface area contributed by atoms with Crippen molar-refractivity contribution < 1.29 is 4.79 Å². The molecule has 0 aliphatic carbocycles. The molecule has 1 aromatic heterocycles. The van der Waals surface area contributed by atoms with Crippen LogP contribution in [0.15, 0.2) is 30.9 Å². The van der Waals surface area contributed by atoms with E-state index in [2.05, 4.69) is 55.4 Å². The number of hydrogen-bond acceptors (Lipinski definition) is 1. The molecule has 1 aromatic carbocycles. The highest BCUT2D eigenvalue weighted by atomic mass is 16.2. The van der Waals surface area contributed by atoms with Gasteiger partial charge in [0.2, 0.25) is 0 Å². The third-order valence-electron chi connectivity index (χ3n) is 4.52. The van der Waals surface area contributed by atoms with E-state index in [1.54, 1.807) is 0 Å². The molecule has 2 aromatic rings. The molecule has 0 fully saturated rings. The smallest absolute Gasteiger partial charge is 0.268 e. The minimum absolute atomic E-state index is 0.000923. The topological polar surface area (TPSA) is 34.0 Å². The number of benzene rings is 1. The van der Waals surface area contributed by atoms with Crippen molar-refractivity contribution in [1.82, 2.24) is 9.88 Å². The number of aromatic nitrogens is 1. The van der Waals surface area contributed by atoms with Gasteiger partial charge in [0.05, 0.1) is 0 Å². The van der Waals surface area contributed by atoms with Crippen LogP contribution in [0.2, 0.25) is 0 Å². The SMILES string of the molecule is C=CCn1c(C(=O)NC(C)CC)c(C)c2cc(C(C)C)ccc21. The zero-order valence-electron chi connectivity index (χ0n) is 14.9. The molecule has 0 saturated heterocycles. The van der Waals surface area contributed by atoms with E-state index < -0.39 is 0 Å². The van der Waals surface area contributed by atoms with Gasteiger partial charge >= 0.3 is 0 Å². The van der Waals surface area contributed by atoms with Crippen LogP contribution < -0.4 is 5.32 Å². The zero-order chi connectivity index (χ0) is 17.1. The predicted octanol–water partition coefficient (Wildman–Crippen LogP) is 4.79. The number of nitrogens with one attached hydrogen (secondary N) is 1. The van der Waals surface area contributed by atoms with Crippen LogP contribution in [0.1, 0.15) is 61.6 Å². The van der Waals surface area contributed by atoms with Gasteiger partial charge in [-0.05, 0) is 49.4 Å². The van der Waals surface area contributed by atoms with Crippen LogP contribution in [0.25, 0.3) is 10.9 Å². The van der Waals surface area contributed by atoms with Gasteiger partial charge in [-0.1, -0.05) is 32.9 Å². The summed E-state index contributed by atoms with van der Waals surface area (Å²) in [4.78, 5) is 12.8. The Bertz CT molecular complexity index is 725. The first kappa shape index (κ1) is 17.3. The van der Waals surface area contributed by atoms with E-state index in [4.69, 9.17) is 0 Å². The van der Waals surface area contributed by atoms with Gasteiger partial charge in [0, 0.05) is 23.5 Å². The molecule has 1 heterocycles. The zero-order valence-corrected chi connectivity index (χ0v) is 14.9. The maximum atomic E-state index is 12.8. The van der Waals surface area contributed by atoms with Crippen LogP contribution in [0.4, 0.5) is 0 Å². The molecule has 1 N–H and O–H groups in total. The van der Waals surface area contributed by atoms with Gasteiger partial charge in [0.15, 0.2) is 0 Å². The van der Waals surface area contributed by atoms with E-state index in [-0.39, 0.29) is 11.9 Å². The van der Waals surface area contributed by atoms with Gasteiger partial charge in [0.1, 0.15) is 5.69 Å². The van der Waals surface area contributed by atoms with E-state index in [9.17, 15) is 4.79 Å². The number of aryl methyl sites for hydroxylation is 1. The fourth-order valence-corrected chi connectivity index (χ4v) is 2.90. The number of carbonyl (C=O) groups excluding carboxylic acids is 1. The van der Waals surface area contributed by atoms with Crippen molar-refractivity contribution in [1.29, 1.82) is 0 Å². The van der Waals surface area contributed by atoms with Crippen molar-refractivity contribution in [3.63, 3.8) is 0 Å². The third kappa shape index (κ3) is 3.34. The molecule has 0 bridgehead atoms. The fourth-order valence-electron chi connectivity index (χ4n) is 2.90. The van der Waals surface area contributed by atoms with Crippen LogP contribution in [0, 0.1) is 6.92 Å². The summed E-state index contributed by atoms with van der Waals surface area (Å²) in [6.07, 6.45) is 2.76. The Morgan fingerprint density at radius 3 is 2.61 bits per heavy atom. The number of fused-ring (bicyclic) bond motifs is 1. The highest BCUT2D eigenvalue weighted by molar-refractivity contribution is 6.02. The van der Waals surface area contributed by atoms with Gasteiger partial charge in [-0.3, -0.25) is 4.79 Å². The molecule has 1 unspecified atom stereocenters. The van der Waals surface area contributed by atoms with Gasteiger partial charge in [-0.2, -0.15) is 0 Å². The Hall–Kier alpha value is -2.03. The van der Waals surface area contributed by atoms with Crippen LogP contribution in [-0.4, -0.2) is 16.5 Å². The summed E-state index contributed by atoms with van der Waals surface area (Å²) < 4.78 is 2.07. The van der Waals surface area contributed by atoms with Crippen molar-refractivity contribution in [2.45, 2.75) is 59.5 Å². The lowest BCUT2D eigenvalue weighted by Crippen LogP contribution is -2.33. The molecule has 124 valence electrons. The Labute approximate surface area is 139 Å². The number of allylic oxidation sites excluding steroid dienone is 1. The third-order valence-corrected chi connectivity index (χ3v) is 4.52. The second kappa shape index (κ2) is 7.03. The molecule has 1 atom stereocenters. The minimum Gasteiger partial charge on any atom is -0.348 e.